The van der Waals surface area contributed by atoms with Crippen molar-refractivity contribution < 1.29 is 8.78 Å². The van der Waals surface area contributed by atoms with Gasteiger partial charge in [-0.3, -0.25) is 20.7 Å². The summed E-state index contributed by atoms with van der Waals surface area (Å²) in [5.74, 6) is -0.589. The lowest BCUT2D eigenvalue weighted by atomic mass is 9.93. The van der Waals surface area contributed by atoms with E-state index < -0.39 is 11.6 Å². The molecule has 0 spiro atoms. The molecule has 0 fully saturated rings. The number of hydrogen-bond acceptors (Lipinski definition) is 3. The molecule has 0 saturated carbocycles. The molecule has 2 heterocycles. The summed E-state index contributed by atoms with van der Waals surface area (Å²) in [6.07, 6.45) is 4.16. The molecule has 4 nitrogen and oxygen atoms in total. The molecule has 124 valence electrons. The van der Waals surface area contributed by atoms with Crippen LogP contribution in [0.4, 0.5) is 14.5 Å². The van der Waals surface area contributed by atoms with Crippen LogP contribution in [0.3, 0.4) is 0 Å². The Bertz CT molecular complexity index is 845. The van der Waals surface area contributed by atoms with Gasteiger partial charge in [-0.2, -0.15) is 0 Å². The van der Waals surface area contributed by atoms with Crippen LogP contribution in [0.1, 0.15) is 31.4 Å². The minimum absolute atomic E-state index is 0.106. The minimum atomic E-state index is -0.509. The fourth-order valence-corrected chi connectivity index (χ4v) is 3.19. The van der Waals surface area contributed by atoms with E-state index in [2.05, 4.69) is 4.98 Å². The van der Waals surface area contributed by atoms with Gasteiger partial charge in [0.2, 0.25) is 0 Å². The maximum absolute atomic E-state index is 14.8. The first kappa shape index (κ1) is 16.2. The Kier molecular flexibility index (Phi) is 4.13. The molecule has 0 atom stereocenters. The molecule has 1 aliphatic heterocycles. The summed E-state index contributed by atoms with van der Waals surface area (Å²) < 4.78 is 28.8. The van der Waals surface area contributed by atoms with Gasteiger partial charge in [-0.25, -0.2) is 8.78 Å². The van der Waals surface area contributed by atoms with Crippen LogP contribution in [-0.2, 0) is 12.8 Å². The second-order valence-corrected chi connectivity index (χ2v) is 5.83. The lowest BCUT2D eigenvalue weighted by molar-refractivity contribution is 0.606. The number of hydrogen-bond donors (Lipinski definition) is 2. The molecule has 0 radical (unpaired) electrons. The topological polar surface area (TPSA) is 63.8 Å². The van der Waals surface area contributed by atoms with Crippen molar-refractivity contribution in [2.75, 3.05) is 4.90 Å². The summed E-state index contributed by atoms with van der Waals surface area (Å²) in [5.41, 5.74) is 2.64. The van der Waals surface area contributed by atoms with Gasteiger partial charge in [-0.1, -0.05) is 6.92 Å². The normalized spacial score (nSPS) is 13.8. The van der Waals surface area contributed by atoms with E-state index in [0.29, 0.717) is 36.0 Å². The third-order valence-corrected chi connectivity index (χ3v) is 4.27. The van der Waals surface area contributed by atoms with E-state index in [0.717, 1.165) is 5.56 Å². The second kappa shape index (κ2) is 6.11. The standard InChI is InChI=1S/C18H18F2N4/c1-3-13-14(8-23-9-16(13)20)12-6-11-4-5-17(22)24(10(2)21)18(11)15(19)7-12/h6-9,21-22H,3-5H2,1-2H3. The highest BCUT2D eigenvalue weighted by molar-refractivity contribution is 6.17. The van der Waals surface area contributed by atoms with Crippen molar-refractivity contribution in [1.82, 2.24) is 4.98 Å². The molecule has 0 unspecified atom stereocenters. The van der Waals surface area contributed by atoms with Crippen LogP contribution < -0.4 is 4.90 Å². The summed E-state index contributed by atoms with van der Waals surface area (Å²) in [6, 6.07) is 3.15. The van der Waals surface area contributed by atoms with Gasteiger partial charge in [0.1, 0.15) is 23.3 Å². The van der Waals surface area contributed by atoms with Crippen molar-refractivity contribution >= 4 is 17.4 Å². The van der Waals surface area contributed by atoms with Gasteiger partial charge in [0, 0.05) is 18.2 Å². The molecule has 0 saturated heterocycles. The predicted octanol–water partition coefficient (Wildman–Crippen LogP) is 4.32. The first-order valence-corrected chi connectivity index (χ1v) is 7.82. The number of anilines is 1. The average molecular weight is 328 g/mol. The van der Waals surface area contributed by atoms with Crippen LogP contribution >= 0.6 is 0 Å². The molecular formula is C18H18F2N4. The molecule has 0 amide bonds. The number of benzene rings is 1. The summed E-state index contributed by atoms with van der Waals surface area (Å²) in [6.45, 7) is 3.38. The third-order valence-electron chi connectivity index (χ3n) is 4.27. The predicted molar refractivity (Wildman–Crippen MR) is 90.9 cm³/mol. The van der Waals surface area contributed by atoms with Gasteiger partial charge in [-0.15, -0.1) is 0 Å². The average Bonchev–Trinajstić information content (AvgIpc) is 2.54. The third kappa shape index (κ3) is 2.58. The Balaban J connectivity index is 2.19. The van der Waals surface area contributed by atoms with Crippen LogP contribution in [0.25, 0.3) is 11.1 Å². The highest BCUT2D eigenvalue weighted by Gasteiger charge is 2.27. The zero-order chi connectivity index (χ0) is 17.4. The van der Waals surface area contributed by atoms with Crippen LogP contribution in [0.15, 0.2) is 24.5 Å². The fourth-order valence-electron chi connectivity index (χ4n) is 3.19. The van der Waals surface area contributed by atoms with Crippen LogP contribution in [0.5, 0.6) is 0 Å². The number of rotatable bonds is 2. The summed E-state index contributed by atoms with van der Waals surface area (Å²) >= 11 is 0. The Morgan fingerprint density at radius 2 is 1.96 bits per heavy atom. The molecule has 0 bridgehead atoms. The van der Waals surface area contributed by atoms with Crippen LogP contribution in [0.2, 0.25) is 0 Å². The molecule has 1 aromatic heterocycles. The van der Waals surface area contributed by atoms with Crippen molar-refractivity contribution in [2.45, 2.75) is 33.1 Å². The SMILES string of the molecule is CCc1c(F)cncc1-c1cc(F)c2c(c1)CCC(=N)N2C(C)=N. The van der Waals surface area contributed by atoms with Gasteiger partial charge in [0.15, 0.2) is 0 Å². The molecule has 2 aromatic rings. The van der Waals surface area contributed by atoms with Crippen LogP contribution in [-0.4, -0.2) is 16.7 Å². The minimum Gasteiger partial charge on any atom is -0.288 e. The number of fused-ring (bicyclic) bond motifs is 1. The van der Waals surface area contributed by atoms with Gasteiger partial charge in [0.05, 0.1) is 11.9 Å². The zero-order valence-corrected chi connectivity index (χ0v) is 13.6. The monoisotopic (exact) mass is 328 g/mol. The highest BCUT2D eigenvalue weighted by atomic mass is 19.1. The van der Waals surface area contributed by atoms with Crippen molar-refractivity contribution in [3.05, 3.63) is 47.3 Å². The smallest absolute Gasteiger partial charge is 0.148 e. The maximum atomic E-state index is 14.8. The molecule has 3 rings (SSSR count). The number of aryl methyl sites for hydroxylation is 1. The Morgan fingerprint density at radius 3 is 2.62 bits per heavy atom. The van der Waals surface area contributed by atoms with Crippen molar-refractivity contribution in [3.8, 4) is 11.1 Å². The maximum Gasteiger partial charge on any atom is 0.148 e. The summed E-state index contributed by atoms with van der Waals surface area (Å²) in [4.78, 5) is 5.21. The number of aromatic nitrogens is 1. The van der Waals surface area contributed by atoms with E-state index in [-0.39, 0.29) is 17.4 Å². The first-order valence-electron chi connectivity index (χ1n) is 7.82. The van der Waals surface area contributed by atoms with E-state index in [1.54, 1.807) is 6.20 Å². The molecule has 6 heteroatoms. The lowest BCUT2D eigenvalue weighted by Gasteiger charge is -2.31. The molecule has 1 aliphatic rings. The fraction of sp³-hybridized carbons (Fsp3) is 0.278. The zero-order valence-electron chi connectivity index (χ0n) is 13.6. The summed E-state index contributed by atoms with van der Waals surface area (Å²) in [7, 11) is 0. The van der Waals surface area contributed by atoms with Gasteiger partial charge >= 0.3 is 0 Å². The van der Waals surface area contributed by atoms with Crippen molar-refractivity contribution in [1.29, 1.82) is 10.8 Å². The van der Waals surface area contributed by atoms with E-state index in [4.69, 9.17) is 10.8 Å². The Hall–Kier alpha value is -2.63. The second-order valence-electron chi connectivity index (χ2n) is 5.83. The van der Waals surface area contributed by atoms with E-state index in [1.807, 2.05) is 13.0 Å². The molecular weight excluding hydrogens is 310 g/mol. The number of pyridine rings is 1. The Morgan fingerprint density at radius 1 is 1.21 bits per heavy atom. The lowest BCUT2D eigenvalue weighted by Crippen LogP contribution is -2.38. The van der Waals surface area contributed by atoms with E-state index >= 15 is 0 Å². The quantitative estimate of drug-likeness (QED) is 0.637. The highest BCUT2D eigenvalue weighted by Crippen LogP contribution is 2.36. The molecule has 1 aromatic carbocycles. The van der Waals surface area contributed by atoms with Crippen molar-refractivity contribution in [2.24, 2.45) is 0 Å². The number of halogens is 2. The first-order chi connectivity index (χ1) is 11.4. The van der Waals surface area contributed by atoms with Crippen LogP contribution in [0, 0.1) is 22.5 Å². The van der Waals surface area contributed by atoms with E-state index in [1.165, 1.54) is 24.1 Å². The number of nitrogens with zero attached hydrogens (tertiary/aromatic N) is 2. The van der Waals surface area contributed by atoms with Gasteiger partial charge in [0.25, 0.3) is 0 Å². The van der Waals surface area contributed by atoms with E-state index in [9.17, 15) is 8.78 Å². The largest absolute Gasteiger partial charge is 0.288 e. The van der Waals surface area contributed by atoms with Crippen molar-refractivity contribution in [3.63, 3.8) is 0 Å². The van der Waals surface area contributed by atoms with Gasteiger partial charge in [-0.05, 0) is 48.6 Å². The molecule has 2 N–H and O–H groups in total. The molecule has 24 heavy (non-hydrogen) atoms. The number of nitrogens with one attached hydrogen (secondary N) is 2. The van der Waals surface area contributed by atoms with Gasteiger partial charge < -0.3 is 0 Å². The Labute approximate surface area is 139 Å². The summed E-state index contributed by atoms with van der Waals surface area (Å²) in [5, 5.41) is 15.8. The molecule has 0 aliphatic carbocycles. The number of amidine groups is 2.